The van der Waals surface area contributed by atoms with Crippen molar-refractivity contribution < 1.29 is 13.2 Å². The Bertz CT molecular complexity index is 537. The maximum absolute atomic E-state index is 12.5. The highest BCUT2D eigenvalue weighted by molar-refractivity contribution is 9.10. The zero-order chi connectivity index (χ0) is 12.5. The van der Waals surface area contributed by atoms with Crippen molar-refractivity contribution >= 4 is 15.9 Å². The van der Waals surface area contributed by atoms with E-state index in [-0.39, 0.29) is 0 Å². The molecule has 0 atom stereocenters. The first-order valence-corrected chi connectivity index (χ1v) is 5.48. The predicted octanol–water partition coefficient (Wildman–Crippen LogP) is 4.33. The number of benzene rings is 1. The summed E-state index contributed by atoms with van der Waals surface area (Å²) in [4.78, 5) is 3.27. The molecule has 1 radical (unpaired) electrons. The summed E-state index contributed by atoms with van der Waals surface area (Å²) in [6.07, 6.45) is -3.34. The molecule has 0 aliphatic carbocycles. The average molecular weight is 301 g/mol. The van der Waals surface area contributed by atoms with Gasteiger partial charge in [-0.25, -0.2) is 0 Å². The molecule has 0 aliphatic heterocycles. The van der Waals surface area contributed by atoms with Crippen LogP contribution in [0.15, 0.2) is 41.0 Å². The van der Waals surface area contributed by atoms with Gasteiger partial charge in [-0.05, 0) is 23.3 Å². The van der Waals surface area contributed by atoms with Crippen LogP contribution in [0.5, 0.6) is 0 Å². The van der Waals surface area contributed by atoms with Gasteiger partial charge in [0.25, 0.3) is 0 Å². The van der Waals surface area contributed by atoms with E-state index in [2.05, 4.69) is 27.0 Å². The molecule has 0 fully saturated rings. The van der Waals surface area contributed by atoms with Crippen molar-refractivity contribution in [2.45, 2.75) is 6.18 Å². The molecule has 1 aromatic heterocycles. The van der Waals surface area contributed by atoms with Crippen molar-refractivity contribution in [3.63, 3.8) is 0 Å². The van der Waals surface area contributed by atoms with Gasteiger partial charge in [-0.1, -0.05) is 34.1 Å². The molecule has 1 aromatic carbocycles. The van der Waals surface area contributed by atoms with Crippen molar-refractivity contribution in [2.75, 3.05) is 0 Å². The van der Waals surface area contributed by atoms with E-state index in [1.165, 1.54) is 6.07 Å². The third-order valence-corrected chi connectivity index (χ3v) is 2.82. The Labute approximate surface area is 104 Å². The molecule has 0 bridgehead atoms. The van der Waals surface area contributed by atoms with Crippen LogP contribution < -0.4 is 0 Å². The topological polar surface area (TPSA) is 12.9 Å². The van der Waals surface area contributed by atoms with Crippen LogP contribution in [0, 0.1) is 6.07 Å². The largest absolute Gasteiger partial charge is 0.433 e. The van der Waals surface area contributed by atoms with Crippen molar-refractivity contribution in [1.29, 1.82) is 0 Å². The zero-order valence-electron chi connectivity index (χ0n) is 8.42. The smallest absolute Gasteiger partial charge is 0.251 e. The summed E-state index contributed by atoms with van der Waals surface area (Å²) in [5.41, 5.74) is 0.00551. The average Bonchev–Trinajstić information content (AvgIpc) is 2.29. The zero-order valence-corrected chi connectivity index (χ0v) is 10.0. The molecule has 0 unspecified atom stereocenters. The lowest BCUT2D eigenvalue weighted by Crippen LogP contribution is -2.07. The second kappa shape index (κ2) is 4.49. The van der Waals surface area contributed by atoms with Crippen LogP contribution in [0.3, 0.4) is 0 Å². The molecule has 2 rings (SSSR count). The van der Waals surface area contributed by atoms with Crippen LogP contribution in [0.25, 0.3) is 11.1 Å². The number of aromatic nitrogens is 1. The molecule has 0 saturated carbocycles. The van der Waals surface area contributed by atoms with E-state index < -0.39 is 11.9 Å². The van der Waals surface area contributed by atoms with Gasteiger partial charge >= 0.3 is 6.18 Å². The van der Waals surface area contributed by atoms with Crippen molar-refractivity contribution in [3.8, 4) is 11.1 Å². The Kier molecular flexibility index (Phi) is 3.19. The molecule has 0 spiro atoms. The molecule has 17 heavy (non-hydrogen) atoms. The van der Waals surface area contributed by atoms with Crippen molar-refractivity contribution in [3.05, 3.63) is 52.8 Å². The first kappa shape index (κ1) is 12.1. The van der Waals surface area contributed by atoms with Gasteiger partial charge in [0.05, 0.1) is 0 Å². The van der Waals surface area contributed by atoms with E-state index in [4.69, 9.17) is 0 Å². The van der Waals surface area contributed by atoms with Gasteiger partial charge in [0, 0.05) is 16.7 Å². The molecule has 0 aliphatic rings. The minimum absolute atomic E-state index is 0.361. The number of nitrogens with zero attached hydrogens (tertiary/aromatic N) is 1. The second-order valence-electron chi connectivity index (χ2n) is 3.31. The SMILES string of the molecule is FC(F)(F)c1[c]c(-c2ccccc2Br)ccn1. The number of alkyl halides is 3. The third kappa shape index (κ3) is 2.66. The Morgan fingerprint density at radius 2 is 1.82 bits per heavy atom. The molecule has 0 saturated heterocycles. The highest BCUT2D eigenvalue weighted by atomic mass is 79.9. The highest BCUT2D eigenvalue weighted by Crippen LogP contribution is 2.32. The van der Waals surface area contributed by atoms with Crippen LogP contribution in [0.1, 0.15) is 5.69 Å². The lowest BCUT2D eigenvalue weighted by Gasteiger charge is -2.08. The standard InChI is InChI=1S/C12H6BrF3N/c13-10-4-2-1-3-9(10)8-5-6-17-11(7-8)12(14,15)16/h1-6H. The van der Waals surface area contributed by atoms with Gasteiger partial charge in [0.2, 0.25) is 0 Å². The Balaban J connectivity index is 2.51. The Morgan fingerprint density at radius 1 is 1.12 bits per heavy atom. The van der Waals surface area contributed by atoms with Gasteiger partial charge in [-0.2, -0.15) is 13.2 Å². The second-order valence-corrected chi connectivity index (χ2v) is 4.16. The van der Waals surface area contributed by atoms with Gasteiger partial charge in [0.1, 0.15) is 0 Å². The summed E-state index contributed by atoms with van der Waals surface area (Å²) in [5.74, 6) is 0. The van der Waals surface area contributed by atoms with Crippen LogP contribution in [-0.2, 0) is 6.18 Å². The number of hydrogen-bond acceptors (Lipinski definition) is 1. The number of halogens is 4. The van der Waals surface area contributed by atoms with E-state index in [0.717, 1.165) is 10.7 Å². The van der Waals surface area contributed by atoms with Gasteiger partial charge in [-0.3, -0.25) is 4.98 Å². The van der Waals surface area contributed by atoms with Crippen LogP contribution in [0.2, 0.25) is 0 Å². The van der Waals surface area contributed by atoms with Gasteiger partial charge in [-0.15, -0.1) is 0 Å². The van der Waals surface area contributed by atoms with Crippen LogP contribution in [-0.4, -0.2) is 4.98 Å². The molecule has 1 heterocycles. The third-order valence-electron chi connectivity index (χ3n) is 2.13. The molecule has 5 heteroatoms. The molecule has 87 valence electrons. The summed E-state index contributed by atoms with van der Waals surface area (Å²) < 4.78 is 38.2. The van der Waals surface area contributed by atoms with Gasteiger partial charge in [0.15, 0.2) is 5.69 Å². The monoisotopic (exact) mass is 300 g/mol. The fraction of sp³-hybridized carbons (Fsp3) is 0.0833. The quantitative estimate of drug-likeness (QED) is 0.764. The molecular weight excluding hydrogens is 295 g/mol. The van der Waals surface area contributed by atoms with Gasteiger partial charge < -0.3 is 0 Å². The summed E-state index contributed by atoms with van der Waals surface area (Å²) in [5, 5.41) is 0. The normalized spacial score (nSPS) is 11.5. The lowest BCUT2D eigenvalue weighted by atomic mass is 10.1. The maximum Gasteiger partial charge on any atom is 0.433 e. The molecule has 2 aromatic rings. The Morgan fingerprint density at radius 3 is 2.47 bits per heavy atom. The molecule has 0 amide bonds. The number of pyridine rings is 1. The minimum Gasteiger partial charge on any atom is -0.251 e. The van der Waals surface area contributed by atoms with E-state index in [0.29, 0.717) is 11.1 Å². The predicted molar refractivity (Wildman–Crippen MR) is 61.2 cm³/mol. The van der Waals surface area contributed by atoms with E-state index in [1.807, 2.05) is 0 Å². The maximum atomic E-state index is 12.5. The summed E-state index contributed by atoms with van der Waals surface area (Å²) in [7, 11) is 0. The molecule has 0 N–H and O–H groups in total. The van der Waals surface area contributed by atoms with Crippen LogP contribution >= 0.6 is 15.9 Å². The molecular formula is C12H6BrF3N. The van der Waals surface area contributed by atoms with E-state index >= 15 is 0 Å². The summed E-state index contributed by atoms with van der Waals surface area (Å²) in [6.45, 7) is 0. The lowest BCUT2D eigenvalue weighted by molar-refractivity contribution is -0.141. The van der Waals surface area contributed by atoms with Crippen LogP contribution in [0.4, 0.5) is 13.2 Å². The first-order chi connectivity index (χ1) is 7.98. The summed E-state index contributed by atoms with van der Waals surface area (Å²) >= 11 is 3.29. The summed E-state index contributed by atoms with van der Waals surface area (Å²) in [6, 6.07) is 10.8. The van der Waals surface area contributed by atoms with Crippen molar-refractivity contribution in [1.82, 2.24) is 4.98 Å². The molecule has 1 nitrogen and oxygen atoms in total. The van der Waals surface area contributed by atoms with E-state index in [1.54, 1.807) is 24.3 Å². The van der Waals surface area contributed by atoms with Crippen molar-refractivity contribution in [2.24, 2.45) is 0 Å². The first-order valence-electron chi connectivity index (χ1n) is 4.69. The Hall–Kier alpha value is -1.36. The number of rotatable bonds is 1. The van der Waals surface area contributed by atoms with E-state index in [9.17, 15) is 13.2 Å². The minimum atomic E-state index is -4.47. The fourth-order valence-electron chi connectivity index (χ4n) is 1.37. The number of hydrogen-bond donors (Lipinski definition) is 0. The highest BCUT2D eigenvalue weighted by Gasteiger charge is 2.32. The fourth-order valence-corrected chi connectivity index (χ4v) is 1.87.